The molecule has 0 saturated heterocycles. The lowest BCUT2D eigenvalue weighted by molar-refractivity contribution is -0.123. The molecule has 0 saturated carbocycles. The summed E-state index contributed by atoms with van der Waals surface area (Å²) in [6.45, 7) is 0. The summed E-state index contributed by atoms with van der Waals surface area (Å²) in [5, 5.41) is 16.5. The van der Waals surface area contributed by atoms with Crippen LogP contribution in [-0.4, -0.2) is 32.3 Å². The standard InChI is InChI=1S/C26H30N2O4/c1-27-26(30)25(19-10-5-4-6-11-19)28-21(15-13-18-9-7-8-12-22(18)29)20-14-16-23(31-2)24(17-20)32-3/h4-12,14,16-17,21,25,28-29H,13,15H2,1-3H3,(H,27,30)/t21-,25?/m0/s1. The maximum Gasteiger partial charge on any atom is 0.241 e. The van der Waals surface area contributed by atoms with Crippen LogP contribution in [0.5, 0.6) is 17.2 Å². The number of ether oxygens (including phenoxy) is 2. The first-order valence-corrected chi connectivity index (χ1v) is 10.6. The maximum atomic E-state index is 12.8. The smallest absolute Gasteiger partial charge is 0.241 e. The van der Waals surface area contributed by atoms with Crippen LogP contribution in [0.2, 0.25) is 0 Å². The van der Waals surface area contributed by atoms with Gasteiger partial charge in [0.2, 0.25) is 5.91 Å². The number of nitrogens with one attached hydrogen (secondary N) is 2. The van der Waals surface area contributed by atoms with Gasteiger partial charge in [-0.25, -0.2) is 0 Å². The maximum absolute atomic E-state index is 12.8. The van der Waals surface area contributed by atoms with Gasteiger partial charge >= 0.3 is 0 Å². The highest BCUT2D eigenvalue weighted by Crippen LogP contribution is 2.33. The zero-order valence-electron chi connectivity index (χ0n) is 18.7. The number of carbonyl (C=O) groups is 1. The summed E-state index contributed by atoms with van der Waals surface area (Å²) in [7, 11) is 4.83. The Bertz CT molecular complexity index is 1020. The predicted molar refractivity (Wildman–Crippen MR) is 125 cm³/mol. The van der Waals surface area contributed by atoms with Crippen molar-refractivity contribution in [3.8, 4) is 17.2 Å². The molecule has 0 aliphatic heterocycles. The predicted octanol–water partition coefficient (Wildman–Crippen LogP) is 4.16. The van der Waals surface area contributed by atoms with E-state index in [0.717, 1.165) is 16.7 Å². The number of rotatable bonds is 10. The van der Waals surface area contributed by atoms with Crippen LogP contribution in [0.4, 0.5) is 0 Å². The van der Waals surface area contributed by atoms with Gasteiger partial charge in [0.05, 0.1) is 14.2 Å². The molecule has 6 nitrogen and oxygen atoms in total. The molecule has 168 valence electrons. The van der Waals surface area contributed by atoms with E-state index >= 15 is 0 Å². The van der Waals surface area contributed by atoms with Crippen LogP contribution < -0.4 is 20.1 Å². The van der Waals surface area contributed by atoms with Crippen molar-refractivity contribution in [3.63, 3.8) is 0 Å². The van der Waals surface area contributed by atoms with Gasteiger partial charge in [0.1, 0.15) is 11.8 Å². The highest BCUT2D eigenvalue weighted by atomic mass is 16.5. The van der Waals surface area contributed by atoms with Crippen LogP contribution in [0.15, 0.2) is 72.8 Å². The number of carbonyl (C=O) groups excluding carboxylic acids is 1. The topological polar surface area (TPSA) is 79.8 Å². The molecule has 3 rings (SSSR count). The molecule has 0 fully saturated rings. The second kappa shape index (κ2) is 11.2. The quantitative estimate of drug-likeness (QED) is 0.447. The summed E-state index contributed by atoms with van der Waals surface area (Å²) in [5.74, 6) is 1.41. The van der Waals surface area contributed by atoms with E-state index < -0.39 is 6.04 Å². The zero-order valence-corrected chi connectivity index (χ0v) is 18.7. The van der Waals surface area contributed by atoms with Gasteiger partial charge in [0.15, 0.2) is 11.5 Å². The number of para-hydroxylation sites is 1. The Morgan fingerprint density at radius 1 is 0.906 bits per heavy atom. The van der Waals surface area contributed by atoms with Crippen molar-refractivity contribution in [2.24, 2.45) is 0 Å². The number of aryl methyl sites for hydroxylation is 1. The van der Waals surface area contributed by atoms with E-state index in [1.165, 1.54) is 0 Å². The van der Waals surface area contributed by atoms with Crippen molar-refractivity contribution >= 4 is 5.91 Å². The summed E-state index contributed by atoms with van der Waals surface area (Å²) in [6, 6.07) is 22.0. The van der Waals surface area contributed by atoms with Gasteiger partial charge in [-0.15, -0.1) is 0 Å². The Kier molecular flexibility index (Phi) is 8.11. The number of likely N-dealkylation sites (N-methyl/N-ethyl adjacent to an activating group) is 1. The second-order valence-electron chi connectivity index (χ2n) is 7.46. The van der Waals surface area contributed by atoms with Crippen molar-refractivity contribution in [1.82, 2.24) is 10.6 Å². The Labute approximate surface area is 189 Å². The SMILES string of the molecule is CNC(=O)C(N[C@@H](CCc1ccccc1O)c1ccc(OC)c(OC)c1)c1ccccc1. The molecule has 6 heteroatoms. The molecule has 0 aliphatic carbocycles. The molecule has 0 aliphatic rings. The molecule has 0 heterocycles. The van der Waals surface area contributed by atoms with Crippen LogP contribution in [0.25, 0.3) is 0 Å². The average Bonchev–Trinajstić information content (AvgIpc) is 2.84. The molecule has 3 aromatic rings. The molecule has 3 aromatic carbocycles. The lowest BCUT2D eigenvalue weighted by Crippen LogP contribution is -2.38. The minimum Gasteiger partial charge on any atom is -0.508 e. The molecule has 0 aromatic heterocycles. The summed E-state index contributed by atoms with van der Waals surface area (Å²) >= 11 is 0. The zero-order chi connectivity index (χ0) is 22.9. The normalized spacial score (nSPS) is 12.6. The first-order valence-electron chi connectivity index (χ1n) is 10.6. The second-order valence-corrected chi connectivity index (χ2v) is 7.46. The van der Waals surface area contributed by atoms with Crippen LogP contribution in [0.1, 0.15) is 35.2 Å². The fourth-order valence-electron chi connectivity index (χ4n) is 3.75. The van der Waals surface area contributed by atoms with Crippen molar-refractivity contribution in [2.75, 3.05) is 21.3 Å². The molecular weight excluding hydrogens is 404 g/mol. The van der Waals surface area contributed by atoms with Crippen molar-refractivity contribution < 1.29 is 19.4 Å². The summed E-state index contributed by atoms with van der Waals surface area (Å²) in [4.78, 5) is 12.8. The third kappa shape index (κ3) is 5.59. The molecule has 2 atom stereocenters. The van der Waals surface area contributed by atoms with Gasteiger partial charge < -0.3 is 19.9 Å². The highest BCUT2D eigenvalue weighted by molar-refractivity contribution is 5.83. The minimum absolute atomic E-state index is 0.121. The molecule has 1 unspecified atom stereocenters. The third-order valence-electron chi connectivity index (χ3n) is 5.51. The Morgan fingerprint density at radius 2 is 1.59 bits per heavy atom. The van der Waals surface area contributed by atoms with Crippen molar-refractivity contribution in [2.45, 2.75) is 24.9 Å². The first kappa shape index (κ1) is 23.2. The number of amides is 1. The molecular formula is C26H30N2O4. The fourth-order valence-corrected chi connectivity index (χ4v) is 3.75. The molecule has 1 amide bonds. The van der Waals surface area contributed by atoms with Gasteiger partial charge in [0, 0.05) is 13.1 Å². The van der Waals surface area contributed by atoms with E-state index in [2.05, 4.69) is 10.6 Å². The molecule has 3 N–H and O–H groups in total. The number of phenolic OH excluding ortho intramolecular Hbond substituents is 1. The number of aromatic hydroxyl groups is 1. The van der Waals surface area contributed by atoms with E-state index in [9.17, 15) is 9.90 Å². The average molecular weight is 435 g/mol. The van der Waals surface area contributed by atoms with E-state index in [0.29, 0.717) is 24.3 Å². The first-order chi connectivity index (χ1) is 15.6. The van der Waals surface area contributed by atoms with Gasteiger partial charge in [-0.05, 0) is 47.7 Å². The number of hydrogen-bond acceptors (Lipinski definition) is 5. The monoisotopic (exact) mass is 434 g/mol. The summed E-state index contributed by atoms with van der Waals surface area (Å²) in [6.07, 6.45) is 1.29. The van der Waals surface area contributed by atoms with E-state index in [-0.39, 0.29) is 17.7 Å². The largest absolute Gasteiger partial charge is 0.508 e. The molecule has 0 radical (unpaired) electrons. The van der Waals surface area contributed by atoms with Crippen LogP contribution in [0.3, 0.4) is 0 Å². The van der Waals surface area contributed by atoms with E-state index in [4.69, 9.17) is 9.47 Å². The Hall–Kier alpha value is -3.51. The number of phenols is 1. The number of benzene rings is 3. The Balaban J connectivity index is 1.95. The van der Waals surface area contributed by atoms with Crippen molar-refractivity contribution in [1.29, 1.82) is 0 Å². The van der Waals surface area contributed by atoms with Crippen LogP contribution in [0, 0.1) is 0 Å². The number of methoxy groups -OCH3 is 2. The lowest BCUT2D eigenvalue weighted by Gasteiger charge is -2.26. The lowest BCUT2D eigenvalue weighted by atomic mass is 9.95. The van der Waals surface area contributed by atoms with Gasteiger partial charge in [-0.2, -0.15) is 0 Å². The third-order valence-corrected chi connectivity index (χ3v) is 5.51. The van der Waals surface area contributed by atoms with Crippen molar-refractivity contribution in [3.05, 3.63) is 89.5 Å². The molecule has 0 spiro atoms. The van der Waals surface area contributed by atoms with Gasteiger partial charge in [0.25, 0.3) is 0 Å². The van der Waals surface area contributed by atoms with Gasteiger partial charge in [-0.3, -0.25) is 10.1 Å². The molecule has 32 heavy (non-hydrogen) atoms. The number of hydrogen-bond donors (Lipinski definition) is 3. The summed E-state index contributed by atoms with van der Waals surface area (Å²) in [5.41, 5.74) is 2.69. The van der Waals surface area contributed by atoms with Crippen LogP contribution in [-0.2, 0) is 11.2 Å². The minimum atomic E-state index is -0.538. The van der Waals surface area contributed by atoms with Gasteiger partial charge in [-0.1, -0.05) is 54.6 Å². The fraction of sp³-hybridized carbons (Fsp3) is 0.269. The van der Waals surface area contributed by atoms with E-state index in [1.54, 1.807) is 33.4 Å². The Morgan fingerprint density at radius 3 is 2.25 bits per heavy atom. The highest BCUT2D eigenvalue weighted by Gasteiger charge is 2.25. The summed E-state index contributed by atoms with van der Waals surface area (Å²) < 4.78 is 10.9. The van der Waals surface area contributed by atoms with Crippen LogP contribution >= 0.6 is 0 Å². The van der Waals surface area contributed by atoms with E-state index in [1.807, 2.05) is 60.7 Å². The molecule has 0 bridgehead atoms.